The third-order valence-corrected chi connectivity index (χ3v) is 5.68. The number of nitrogens with one attached hydrogen (secondary N) is 1. The summed E-state index contributed by atoms with van der Waals surface area (Å²) in [6, 6.07) is 11.4. The summed E-state index contributed by atoms with van der Waals surface area (Å²) in [5.74, 6) is -0.373. The van der Waals surface area contributed by atoms with Gasteiger partial charge in [0.25, 0.3) is 0 Å². The van der Waals surface area contributed by atoms with E-state index >= 15 is 0 Å². The van der Waals surface area contributed by atoms with E-state index in [1.807, 2.05) is 48.2 Å². The zero-order valence-electron chi connectivity index (χ0n) is 15.6. The number of benzene rings is 1. The van der Waals surface area contributed by atoms with Crippen LogP contribution in [0.25, 0.3) is 10.4 Å². The van der Waals surface area contributed by atoms with Crippen molar-refractivity contribution in [2.75, 3.05) is 38.7 Å². The Morgan fingerprint density at radius 3 is 2.59 bits per heavy atom. The molecular formula is C20H24N2O4S. The van der Waals surface area contributed by atoms with E-state index in [0.717, 1.165) is 10.4 Å². The summed E-state index contributed by atoms with van der Waals surface area (Å²) in [4.78, 5) is 28.4. The number of carbonyl (C=O) groups is 2. The van der Waals surface area contributed by atoms with Gasteiger partial charge in [0.05, 0.1) is 26.0 Å². The van der Waals surface area contributed by atoms with Gasteiger partial charge in [0.2, 0.25) is 5.91 Å². The molecule has 0 saturated carbocycles. The molecule has 1 saturated heterocycles. The first-order valence-electron chi connectivity index (χ1n) is 9.04. The minimum Gasteiger partial charge on any atom is -0.465 e. The van der Waals surface area contributed by atoms with Gasteiger partial charge < -0.3 is 19.7 Å². The van der Waals surface area contributed by atoms with E-state index in [1.165, 1.54) is 18.4 Å². The molecule has 0 spiro atoms. The zero-order valence-corrected chi connectivity index (χ0v) is 16.4. The van der Waals surface area contributed by atoms with Crippen LogP contribution in [0.4, 0.5) is 5.69 Å². The van der Waals surface area contributed by atoms with E-state index in [4.69, 9.17) is 9.47 Å². The summed E-state index contributed by atoms with van der Waals surface area (Å²) in [5.41, 5.74) is 1.66. The van der Waals surface area contributed by atoms with E-state index in [0.29, 0.717) is 43.3 Å². The van der Waals surface area contributed by atoms with Gasteiger partial charge >= 0.3 is 5.97 Å². The fourth-order valence-electron chi connectivity index (χ4n) is 3.02. The minimum absolute atomic E-state index is 0.0316. The first-order valence-corrected chi connectivity index (χ1v) is 9.86. The Hall–Kier alpha value is -2.38. The molecule has 1 aliphatic rings. The van der Waals surface area contributed by atoms with Gasteiger partial charge in [-0.15, -0.1) is 11.3 Å². The summed E-state index contributed by atoms with van der Waals surface area (Å²) < 4.78 is 10.3. The lowest BCUT2D eigenvalue weighted by molar-refractivity contribution is -0.136. The molecule has 3 rings (SSSR count). The Morgan fingerprint density at radius 1 is 1.26 bits per heavy atom. The maximum absolute atomic E-state index is 12.9. The minimum atomic E-state index is -0.404. The van der Waals surface area contributed by atoms with Gasteiger partial charge in [0, 0.05) is 18.0 Å². The van der Waals surface area contributed by atoms with Crippen molar-refractivity contribution in [1.29, 1.82) is 0 Å². The van der Waals surface area contributed by atoms with Crippen LogP contribution in [0, 0.1) is 0 Å². The number of carbonyl (C=O) groups excluding carboxylic acids is 2. The van der Waals surface area contributed by atoms with Crippen LogP contribution in [0.3, 0.4) is 0 Å². The Bertz CT molecular complexity index is 785. The van der Waals surface area contributed by atoms with Crippen LogP contribution >= 0.6 is 11.3 Å². The van der Waals surface area contributed by atoms with E-state index in [9.17, 15) is 9.59 Å². The topological polar surface area (TPSA) is 67.9 Å². The number of amides is 1. The third kappa shape index (κ3) is 4.48. The van der Waals surface area contributed by atoms with E-state index in [1.54, 1.807) is 0 Å². The van der Waals surface area contributed by atoms with Crippen LogP contribution in [0.5, 0.6) is 0 Å². The summed E-state index contributed by atoms with van der Waals surface area (Å²) in [6.45, 7) is 4.27. The maximum atomic E-state index is 12.9. The number of thiophene rings is 1. The number of esters is 1. The predicted molar refractivity (Wildman–Crippen MR) is 106 cm³/mol. The smallest absolute Gasteiger partial charge is 0.350 e. The molecule has 1 atom stereocenters. The van der Waals surface area contributed by atoms with Gasteiger partial charge in [0.1, 0.15) is 10.9 Å². The predicted octanol–water partition coefficient (Wildman–Crippen LogP) is 3.25. The van der Waals surface area contributed by atoms with Gasteiger partial charge in [-0.1, -0.05) is 37.3 Å². The summed E-state index contributed by atoms with van der Waals surface area (Å²) in [7, 11) is 1.37. The van der Waals surface area contributed by atoms with Crippen LogP contribution in [0.2, 0.25) is 0 Å². The largest absolute Gasteiger partial charge is 0.465 e. The van der Waals surface area contributed by atoms with Gasteiger partial charge in [-0.2, -0.15) is 0 Å². The number of morpholine rings is 1. The van der Waals surface area contributed by atoms with Crippen molar-refractivity contribution in [3.63, 3.8) is 0 Å². The Morgan fingerprint density at radius 2 is 1.96 bits per heavy atom. The molecule has 2 aromatic rings. The molecule has 1 aromatic heterocycles. The van der Waals surface area contributed by atoms with Crippen molar-refractivity contribution in [2.24, 2.45) is 0 Å². The number of nitrogens with zero attached hydrogens (tertiary/aromatic N) is 1. The van der Waals surface area contributed by atoms with Crippen molar-refractivity contribution >= 4 is 28.9 Å². The first kappa shape index (κ1) is 19.4. The number of ether oxygens (including phenoxy) is 2. The van der Waals surface area contributed by atoms with E-state index in [2.05, 4.69) is 5.32 Å². The van der Waals surface area contributed by atoms with Crippen molar-refractivity contribution in [3.05, 3.63) is 41.3 Å². The van der Waals surface area contributed by atoms with Crippen molar-refractivity contribution in [2.45, 2.75) is 19.4 Å². The fourth-order valence-corrected chi connectivity index (χ4v) is 4.06. The first-order chi connectivity index (χ1) is 13.1. The Labute approximate surface area is 163 Å². The van der Waals surface area contributed by atoms with Crippen LogP contribution < -0.4 is 5.32 Å². The fraction of sp³-hybridized carbons (Fsp3) is 0.400. The van der Waals surface area contributed by atoms with Gasteiger partial charge in [-0.05, 0) is 18.1 Å². The molecular weight excluding hydrogens is 364 g/mol. The number of hydrogen-bond acceptors (Lipinski definition) is 6. The molecule has 7 heteroatoms. The Balaban J connectivity index is 1.86. The number of hydrogen-bond donors (Lipinski definition) is 1. The normalized spacial score (nSPS) is 15.3. The molecule has 2 heterocycles. The quantitative estimate of drug-likeness (QED) is 0.770. The van der Waals surface area contributed by atoms with Gasteiger partial charge in [0.15, 0.2) is 0 Å². The average molecular weight is 388 g/mol. The van der Waals surface area contributed by atoms with Crippen molar-refractivity contribution in [3.8, 4) is 10.4 Å². The molecule has 0 bridgehead atoms. The molecule has 144 valence electrons. The number of anilines is 1. The lowest BCUT2D eigenvalue weighted by Crippen LogP contribution is -2.47. The summed E-state index contributed by atoms with van der Waals surface area (Å²) in [5, 5.41) is 3.28. The molecule has 1 N–H and O–H groups in total. The standard InChI is InChI=1S/C20H24N2O4S/c1-3-15(19(23)22-9-11-26-12-10-22)21-16-13-17(14-7-5-4-6-8-14)27-18(16)20(24)25-2/h4-8,13,15,21H,3,9-12H2,1-2H3/t15-/m0/s1. The highest BCUT2D eigenvalue weighted by molar-refractivity contribution is 7.18. The zero-order chi connectivity index (χ0) is 19.2. The summed E-state index contributed by atoms with van der Waals surface area (Å²) >= 11 is 1.36. The molecule has 0 unspecified atom stereocenters. The molecule has 0 aliphatic carbocycles. The second kappa shape index (κ2) is 9.01. The van der Waals surface area contributed by atoms with Gasteiger partial charge in [-0.25, -0.2) is 4.79 Å². The maximum Gasteiger partial charge on any atom is 0.350 e. The molecule has 1 fully saturated rings. The number of rotatable bonds is 6. The van der Waals surface area contributed by atoms with Crippen LogP contribution in [0.1, 0.15) is 23.0 Å². The monoisotopic (exact) mass is 388 g/mol. The molecule has 1 amide bonds. The second-order valence-electron chi connectivity index (χ2n) is 6.25. The molecule has 27 heavy (non-hydrogen) atoms. The SMILES string of the molecule is CC[C@H](Nc1cc(-c2ccccc2)sc1C(=O)OC)C(=O)N1CCOCC1. The van der Waals surface area contributed by atoms with E-state index in [-0.39, 0.29) is 5.91 Å². The molecule has 0 radical (unpaired) electrons. The second-order valence-corrected chi connectivity index (χ2v) is 7.31. The average Bonchev–Trinajstić information content (AvgIpc) is 3.16. The number of methoxy groups -OCH3 is 1. The lowest BCUT2D eigenvalue weighted by Gasteiger charge is -2.30. The lowest BCUT2D eigenvalue weighted by atomic mass is 10.1. The summed E-state index contributed by atoms with van der Waals surface area (Å²) in [6.07, 6.45) is 0.618. The van der Waals surface area contributed by atoms with Gasteiger partial charge in [-0.3, -0.25) is 4.79 Å². The molecule has 6 nitrogen and oxygen atoms in total. The van der Waals surface area contributed by atoms with Crippen LogP contribution in [-0.2, 0) is 14.3 Å². The third-order valence-electron chi connectivity index (χ3n) is 4.52. The highest BCUT2D eigenvalue weighted by atomic mass is 32.1. The van der Waals surface area contributed by atoms with Crippen LogP contribution in [0.15, 0.2) is 36.4 Å². The Kier molecular flexibility index (Phi) is 6.47. The highest BCUT2D eigenvalue weighted by Gasteiger charge is 2.27. The van der Waals surface area contributed by atoms with Crippen molar-refractivity contribution < 1.29 is 19.1 Å². The van der Waals surface area contributed by atoms with Crippen LogP contribution in [-0.4, -0.2) is 56.2 Å². The molecule has 1 aromatic carbocycles. The highest BCUT2D eigenvalue weighted by Crippen LogP contribution is 2.35. The molecule has 1 aliphatic heterocycles. The van der Waals surface area contributed by atoms with Crippen molar-refractivity contribution in [1.82, 2.24) is 4.90 Å². The van der Waals surface area contributed by atoms with E-state index < -0.39 is 12.0 Å².